The molecule has 2 rings (SSSR count). The number of benzene rings is 1. The van der Waals surface area contributed by atoms with E-state index in [1.807, 2.05) is 24.3 Å². The van der Waals surface area contributed by atoms with Gasteiger partial charge >= 0.3 is 5.97 Å². The van der Waals surface area contributed by atoms with Crippen molar-refractivity contribution >= 4 is 34.1 Å². The molecule has 2 aromatic rings. The lowest BCUT2D eigenvalue weighted by atomic mass is 10.2. The summed E-state index contributed by atoms with van der Waals surface area (Å²) in [6.45, 7) is 2.00. The van der Waals surface area contributed by atoms with Gasteiger partial charge in [-0.15, -0.1) is 0 Å². The fourth-order valence-corrected chi connectivity index (χ4v) is 1.67. The number of esters is 1. The molecule has 1 aromatic heterocycles. The number of ether oxygens (including phenoxy) is 1. The van der Waals surface area contributed by atoms with Crippen LogP contribution >= 0.6 is 15.9 Å². The van der Waals surface area contributed by atoms with Crippen molar-refractivity contribution in [2.75, 3.05) is 6.61 Å². The van der Waals surface area contributed by atoms with E-state index in [4.69, 9.17) is 4.74 Å². The van der Waals surface area contributed by atoms with Crippen LogP contribution in [0, 0.1) is 0 Å². The zero-order valence-electron chi connectivity index (χ0n) is 10.7. The number of hydrogen-bond acceptors (Lipinski definition) is 6. The van der Waals surface area contributed by atoms with Gasteiger partial charge in [0.05, 0.1) is 6.61 Å². The lowest BCUT2D eigenvalue weighted by molar-refractivity contribution is -0.144. The molecular formula is C12H12BrN5O2. The second kappa shape index (κ2) is 6.90. The van der Waals surface area contributed by atoms with Gasteiger partial charge < -0.3 is 4.74 Å². The quantitative estimate of drug-likeness (QED) is 0.613. The third kappa shape index (κ3) is 3.95. The van der Waals surface area contributed by atoms with E-state index in [2.05, 4.69) is 36.4 Å². The third-order valence-electron chi connectivity index (χ3n) is 2.30. The highest BCUT2D eigenvalue weighted by Crippen LogP contribution is 2.10. The SMILES string of the molecule is CCOC(=O)Cn1nnnc1/N=C/c1ccc(Br)cc1. The monoisotopic (exact) mass is 337 g/mol. The Hall–Kier alpha value is -2.09. The number of nitrogens with zero attached hydrogens (tertiary/aromatic N) is 5. The lowest BCUT2D eigenvalue weighted by Gasteiger charge is -2.01. The molecular weight excluding hydrogens is 326 g/mol. The summed E-state index contributed by atoms with van der Waals surface area (Å²) < 4.78 is 7.11. The fourth-order valence-electron chi connectivity index (χ4n) is 1.40. The molecule has 8 heteroatoms. The van der Waals surface area contributed by atoms with Gasteiger partial charge in [-0.25, -0.2) is 4.99 Å². The smallest absolute Gasteiger partial charge is 0.327 e. The topological polar surface area (TPSA) is 82.3 Å². The Bertz CT molecular complexity index is 609. The van der Waals surface area contributed by atoms with Gasteiger partial charge in [-0.1, -0.05) is 33.2 Å². The van der Waals surface area contributed by atoms with Crippen LogP contribution in [0.5, 0.6) is 0 Å². The van der Waals surface area contributed by atoms with Crippen molar-refractivity contribution < 1.29 is 9.53 Å². The second-order valence-electron chi connectivity index (χ2n) is 3.75. The van der Waals surface area contributed by atoms with Crippen LogP contribution < -0.4 is 0 Å². The van der Waals surface area contributed by atoms with Crippen molar-refractivity contribution in [1.29, 1.82) is 0 Å². The molecule has 0 amide bonds. The van der Waals surface area contributed by atoms with Crippen LogP contribution in [0.1, 0.15) is 12.5 Å². The van der Waals surface area contributed by atoms with E-state index in [1.165, 1.54) is 4.68 Å². The van der Waals surface area contributed by atoms with Crippen LogP contribution in [0.4, 0.5) is 5.95 Å². The molecule has 7 nitrogen and oxygen atoms in total. The van der Waals surface area contributed by atoms with E-state index in [-0.39, 0.29) is 12.5 Å². The minimum atomic E-state index is -0.403. The summed E-state index contributed by atoms with van der Waals surface area (Å²) in [6.07, 6.45) is 1.62. The third-order valence-corrected chi connectivity index (χ3v) is 2.82. The first kappa shape index (κ1) is 14.3. The number of halogens is 1. The van der Waals surface area contributed by atoms with Crippen molar-refractivity contribution in [2.24, 2.45) is 4.99 Å². The van der Waals surface area contributed by atoms with E-state index in [9.17, 15) is 4.79 Å². The molecule has 0 aliphatic carbocycles. The average Bonchev–Trinajstić information content (AvgIpc) is 2.86. The summed E-state index contributed by atoms with van der Waals surface area (Å²) in [5.74, 6) is -0.152. The van der Waals surface area contributed by atoms with E-state index in [0.29, 0.717) is 6.61 Å². The van der Waals surface area contributed by atoms with E-state index < -0.39 is 5.97 Å². The second-order valence-corrected chi connectivity index (χ2v) is 4.67. The van der Waals surface area contributed by atoms with Gasteiger partial charge in [0, 0.05) is 10.7 Å². The van der Waals surface area contributed by atoms with Gasteiger partial charge in [-0.05, 0) is 35.0 Å². The van der Waals surface area contributed by atoms with Gasteiger partial charge in [0.15, 0.2) is 0 Å². The number of aliphatic imine (C=N–C) groups is 1. The summed E-state index contributed by atoms with van der Waals surface area (Å²) in [5, 5.41) is 10.9. The summed E-state index contributed by atoms with van der Waals surface area (Å²) in [4.78, 5) is 15.5. The molecule has 0 fully saturated rings. The maximum atomic E-state index is 11.4. The highest BCUT2D eigenvalue weighted by atomic mass is 79.9. The molecule has 0 atom stereocenters. The Kier molecular flexibility index (Phi) is 4.94. The molecule has 0 unspecified atom stereocenters. The van der Waals surface area contributed by atoms with Gasteiger partial charge in [0.2, 0.25) is 0 Å². The summed E-state index contributed by atoms with van der Waals surface area (Å²) in [6, 6.07) is 7.60. The maximum Gasteiger partial charge on any atom is 0.327 e. The number of aromatic nitrogens is 4. The molecule has 0 spiro atoms. The largest absolute Gasteiger partial charge is 0.465 e. The van der Waals surface area contributed by atoms with Crippen LogP contribution in [0.2, 0.25) is 0 Å². The fraction of sp³-hybridized carbons (Fsp3) is 0.250. The van der Waals surface area contributed by atoms with E-state index in [0.717, 1.165) is 10.0 Å². The van der Waals surface area contributed by atoms with Crippen molar-refractivity contribution in [2.45, 2.75) is 13.5 Å². The first-order valence-corrected chi connectivity index (χ1v) is 6.69. The minimum absolute atomic E-state index is 0.0617. The predicted molar refractivity (Wildman–Crippen MR) is 75.8 cm³/mol. The number of rotatable bonds is 5. The number of carbonyl (C=O) groups is 1. The zero-order valence-corrected chi connectivity index (χ0v) is 12.3. The van der Waals surface area contributed by atoms with Crippen LogP contribution in [0.25, 0.3) is 0 Å². The summed E-state index contributed by atoms with van der Waals surface area (Å²) >= 11 is 3.36. The van der Waals surface area contributed by atoms with Gasteiger partial charge in [0.1, 0.15) is 6.54 Å². The normalized spacial score (nSPS) is 10.9. The molecule has 1 aromatic carbocycles. The molecule has 1 heterocycles. The van der Waals surface area contributed by atoms with Crippen LogP contribution in [0.15, 0.2) is 33.7 Å². The number of carbonyl (C=O) groups excluding carboxylic acids is 1. The number of tetrazole rings is 1. The molecule has 0 radical (unpaired) electrons. The maximum absolute atomic E-state index is 11.4. The number of hydrogen-bond donors (Lipinski definition) is 0. The van der Waals surface area contributed by atoms with Gasteiger partial charge in [-0.2, -0.15) is 4.68 Å². The predicted octanol–water partition coefficient (Wildman–Crippen LogP) is 1.75. The van der Waals surface area contributed by atoms with Crippen molar-refractivity contribution in [3.8, 4) is 0 Å². The van der Waals surface area contributed by atoms with Crippen molar-refractivity contribution in [3.05, 3.63) is 34.3 Å². The summed E-state index contributed by atoms with van der Waals surface area (Å²) in [5.41, 5.74) is 0.902. The first-order chi connectivity index (χ1) is 9.69. The van der Waals surface area contributed by atoms with Crippen LogP contribution in [-0.4, -0.2) is 39.0 Å². The van der Waals surface area contributed by atoms with Crippen molar-refractivity contribution in [1.82, 2.24) is 20.2 Å². The van der Waals surface area contributed by atoms with E-state index >= 15 is 0 Å². The Labute approximate surface area is 123 Å². The average molecular weight is 338 g/mol. The Morgan fingerprint density at radius 2 is 2.20 bits per heavy atom. The van der Waals surface area contributed by atoms with Crippen molar-refractivity contribution in [3.63, 3.8) is 0 Å². The molecule has 0 aliphatic rings. The molecule has 0 saturated heterocycles. The summed E-state index contributed by atoms with van der Waals surface area (Å²) in [7, 11) is 0. The standard InChI is InChI=1S/C12H12BrN5O2/c1-2-20-11(19)8-18-12(15-16-17-18)14-7-9-3-5-10(13)6-4-9/h3-7H,2,8H2,1H3/b14-7+. The molecule has 20 heavy (non-hydrogen) atoms. The lowest BCUT2D eigenvalue weighted by Crippen LogP contribution is -2.14. The Balaban J connectivity index is 2.08. The van der Waals surface area contributed by atoms with Crippen LogP contribution in [-0.2, 0) is 16.1 Å². The molecule has 104 valence electrons. The molecule has 0 aliphatic heterocycles. The van der Waals surface area contributed by atoms with E-state index in [1.54, 1.807) is 13.1 Å². The molecule has 0 bridgehead atoms. The van der Waals surface area contributed by atoms with Gasteiger partial charge in [-0.3, -0.25) is 4.79 Å². The Morgan fingerprint density at radius 1 is 1.45 bits per heavy atom. The van der Waals surface area contributed by atoms with Gasteiger partial charge in [0.25, 0.3) is 5.95 Å². The molecule has 0 N–H and O–H groups in total. The molecule has 0 saturated carbocycles. The zero-order chi connectivity index (χ0) is 14.4. The highest BCUT2D eigenvalue weighted by Gasteiger charge is 2.09. The first-order valence-electron chi connectivity index (χ1n) is 5.90. The highest BCUT2D eigenvalue weighted by molar-refractivity contribution is 9.10. The minimum Gasteiger partial charge on any atom is -0.465 e. The Morgan fingerprint density at radius 3 is 2.90 bits per heavy atom. The van der Waals surface area contributed by atoms with Crippen LogP contribution in [0.3, 0.4) is 0 Å².